The Labute approximate surface area is 162 Å². The highest BCUT2D eigenvalue weighted by Gasteiger charge is 2.49. The predicted molar refractivity (Wildman–Crippen MR) is 102 cm³/mol. The second-order valence-corrected chi connectivity index (χ2v) is 7.11. The topological polar surface area (TPSA) is 104 Å². The molecule has 2 aliphatic heterocycles. The lowest BCUT2D eigenvalue weighted by Gasteiger charge is -2.38. The molecule has 1 aromatic heterocycles. The fourth-order valence-corrected chi connectivity index (χ4v) is 4.00. The Morgan fingerprint density at radius 3 is 2.89 bits per heavy atom. The number of nitrogens with zero attached hydrogens (tertiary/aromatic N) is 1. The van der Waals surface area contributed by atoms with Crippen LogP contribution < -0.4 is 16.0 Å². The van der Waals surface area contributed by atoms with Crippen LogP contribution in [0.1, 0.15) is 34.7 Å². The van der Waals surface area contributed by atoms with Gasteiger partial charge in [-0.05, 0) is 36.6 Å². The van der Waals surface area contributed by atoms with Gasteiger partial charge in [0.05, 0.1) is 12.0 Å². The summed E-state index contributed by atoms with van der Waals surface area (Å²) in [5.41, 5.74) is 1.09. The number of carbonyl (C=O) groups excluding carboxylic acids is 3. The molecule has 0 aliphatic carbocycles. The number of anilines is 1. The Balaban J connectivity index is 1.44. The highest BCUT2D eigenvalue weighted by atomic mass is 16.4. The van der Waals surface area contributed by atoms with Gasteiger partial charge < -0.3 is 25.3 Å². The number of hydrogen-bond donors (Lipinski definition) is 3. The van der Waals surface area contributed by atoms with E-state index in [9.17, 15) is 14.4 Å². The van der Waals surface area contributed by atoms with Gasteiger partial charge in [0.1, 0.15) is 5.76 Å². The van der Waals surface area contributed by atoms with Gasteiger partial charge in [-0.1, -0.05) is 18.2 Å². The van der Waals surface area contributed by atoms with E-state index in [0.717, 1.165) is 17.7 Å². The highest BCUT2D eigenvalue weighted by Crippen LogP contribution is 2.43. The van der Waals surface area contributed by atoms with Gasteiger partial charge in [-0.2, -0.15) is 0 Å². The number of likely N-dealkylation sites (tertiary alicyclic amines) is 1. The van der Waals surface area contributed by atoms with Crippen LogP contribution in [-0.2, 0) is 16.8 Å². The summed E-state index contributed by atoms with van der Waals surface area (Å²) in [6, 6.07) is 10.6. The molecule has 0 saturated carbocycles. The van der Waals surface area contributed by atoms with Crippen LogP contribution in [0.15, 0.2) is 40.8 Å². The molecule has 1 aromatic carbocycles. The lowest BCUT2D eigenvalue weighted by Crippen LogP contribution is -2.54. The van der Waals surface area contributed by atoms with Crippen LogP contribution in [0.2, 0.25) is 0 Å². The average Bonchev–Trinajstić information content (AvgIpc) is 3.30. The summed E-state index contributed by atoms with van der Waals surface area (Å²) in [5.74, 6) is 0.319. The Hall–Kier alpha value is -3.29. The molecule has 28 heavy (non-hydrogen) atoms. The largest absolute Gasteiger partial charge is 0.454 e. The average molecular weight is 382 g/mol. The third-order valence-corrected chi connectivity index (χ3v) is 5.43. The molecule has 2 aliphatic rings. The van der Waals surface area contributed by atoms with Gasteiger partial charge in [-0.25, -0.2) is 4.79 Å². The van der Waals surface area contributed by atoms with Crippen LogP contribution in [0.4, 0.5) is 10.5 Å². The Bertz CT molecular complexity index is 938. The van der Waals surface area contributed by atoms with Gasteiger partial charge in [0, 0.05) is 25.8 Å². The van der Waals surface area contributed by atoms with Crippen molar-refractivity contribution in [3.8, 4) is 0 Å². The number of piperidine rings is 1. The van der Waals surface area contributed by atoms with E-state index in [1.54, 1.807) is 17.0 Å². The van der Waals surface area contributed by atoms with E-state index in [-0.39, 0.29) is 30.2 Å². The number of fused-ring (bicyclic) bond motifs is 2. The van der Waals surface area contributed by atoms with Crippen molar-refractivity contribution in [3.05, 3.63) is 53.5 Å². The van der Waals surface area contributed by atoms with Crippen LogP contribution in [0.3, 0.4) is 0 Å². The smallest absolute Gasteiger partial charge is 0.317 e. The zero-order valence-corrected chi connectivity index (χ0v) is 15.6. The third-order valence-electron chi connectivity index (χ3n) is 5.43. The van der Waals surface area contributed by atoms with Crippen molar-refractivity contribution in [3.63, 3.8) is 0 Å². The minimum Gasteiger partial charge on any atom is -0.454 e. The Kier molecular flexibility index (Phi) is 4.54. The monoisotopic (exact) mass is 382 g/mol. The number of nitrogens with one attached hydrogen (secondary N) is 3. The van der Waals surface area contributed by atoms with E-state index in [2.05, 4.69) is 16.0 Å². The van der Waals surface area contributed by atoms with Crippen molar-refractivity contribution >= 4 is 23.5 Å². The molecule has 0 bridgehead atoms. The summed E-state index contributed by atoms with van der Waals surface area (Å²) in [5, 5.41) is 8.24. The summed E-state index contributed by atoms with van der Waals surface area (Å²) in [4.78, 5) is 38.6. The maximum absolute atomic E-state index is 12.7. The molecular formula is C20H22N4O4. The van der Waals surface area contributed by atoms with Crippen molar-refractivity contribution < 1.29 is 18.8 Å². The second-order valence-electron chi connectivity index (χ2n) is 7.11. The van der Waals surface area contributed by atoms with Gasteiger partial charge >= 0.3 is 6.03 Å². The third kappa shape index (κ3) is 3.00. The summed E-state index contributed by atoms with van der Waals surface area (Å²) in [6.07, 6.45) is 1.46. The van der Waals surface area contributed by atoms with E-state index in [1.807, 2.05) is 24.3 Å². The van der Waals surface area contributed by atoms with Crippen LogP contribution in [0.25, 0.3) is 0 Å². The number of benzene rings is 1. The standard InChI is InChI=1S/C20H22N4O4/c1-21-17(25)16-8-7-13(28-16)11-22-19(27)24-10-4-9-20(12-24)14-5-2-3-6-15(14)23-18(20)26/h2-3,5-8H,4,9-12H2,1H3,(H,21,25)(H,22,27)(H,23,26)/t20-/m1/s1. The molecule has 3 heterocycles. The molecule has 2 aromatic rings. The predicted octanol–water partition coefficient (Wildman–Crippen LogP) is 1.83. The van der Waals surface area contributed by atoms with Crippen LogP contribution in [0.5, 0.6) is 0 Å². The number of para-hydroxylation sites is 1. The first-order valence-corrected chi connectivity index (χ1v) is 9.28. The Morgan fingerprint density at radius 1 is 1.25 bits per heavy atom. The number of furan rings is 1. The molecule has 146 valence electrons. The number of amides is 4. The summed E-state index contributed by atoms with van der Waals surface area (Å²) >= 11 is 0. The van der Waals surface area contributed by atoms with Crippen molar-refractivity contribution in [2.45, 2.75) is 24.8 Å². The first-order valence-electron chi connectivity index (χ1n) is 9.28. The van der Waals surface area contributed by atoms with Gasteiger partial charge in [0.25, 0.3) is 5.91 Å². The lowest BCUT2D eigenvalue weighted by atomic mass is 9.75. The summed E-state index contributed by atoms with van der Waals surface area (Å²) in [6.45, 7) is 1.09. The number of rotatable bonds is 3. The van der Waals surface area contributed by atoms with Gasteiger partial charge in [0.2, 0.25) is 5.91 Å². The minimum atomic E-state index is -0.691. The molecule has 1 atom stereocenters. The fraction of sp³-hybridized carbons (Fsp3) is 0.350. The molecule has 0 radical (unpaired) electrons. The van der Waals surface area contributed by atoms with Crippen LogP contribution in [0, 0.1) is 0 Å². The van der Waals surface area contributed by atoms with Crippen molar-refractivity contribution in [1.82, 2.24) is 15.5 Å². The minimum absolute atomic E-state index is 0.0487. The quantitative estimate of drug-likeness (QED) is 0.753. The van der Waals surface area contributed by atoms with E-state index >= 15 is 0 Å². The molecule has 3 N–H and O–H groups in total. The zero-order chi connectivity index (χ0) is 19.7. The maximum Gasteiger partial charge on any atom is 0.317 e. The molecule has 4 rings (SSSR count). The first kappa shape index (κ1) is 18.1. The summed E-state index contributed by atoms with van der Waals surface area (Å²) < 4.78 is 5.42. The van der Waals surface area contributed by atoms with Crippen molar-refractivity contribution in [2.75, 3.05) is 25.5 Å². The molecule has 1 saturated heterocycles. The van der Waals surface area contributed by atoms with Crippen LogP contribution in [-0.4, -0.2) is 42.9 Å². The van der Waals surface area contributed by atoms with E-state index in [4.69, 9.17) is 4.42 Å². The van der Waals surface area contributed by atoms with Gasteiger partial charge in [0.15, 0.2) is 5.76 Å². The lowest BCUT2D eigenvalue weighted by molar-refractivity contribution is -0.122. The second kappa shape index (κ2) is 7.03. The molecule has 8 nitrogen and oxygen atoms in total. The van der Waals surface area contributed by atoms with E-state index in [0.29, 0.717) is 25.3 Å². The number of urea groups is 1. The van der Waals surface area contributed by atoms with Crippen molar-refractivity contribution in [1.29, 1.82) is 0 Å². The zero-order valence-electron chi connectivity index (χ0n) is 15.6. The molecule has 4 amide bonds. The van der Waals surface area contributed by atoms with E-state index in [1.165, 1.54) is 7.05 Å². The maximum atomic E-state index is 12.7. The van der Waals surface area contributed by atoms with Gasteiger partial charge in [-0.3, -0.25) is 9.59 Å². The van der Waals surface area contributed by atoms with Crippen LogP contribution >= 0.6 is 0 Å². The molecule has 1 spiro atoms. The first-order chi connectivity index (χ1) is 13.5. The molecule has 0 unspecified atom stereocenters. The van der Waals surface area contributed by atoms with Gasteiger partial charge in [-0.15, -0.1) is 0 Å². The highest BCUT2D eigenvalue weighted by molar-refractivity contribution is 6.06. The number of carbonyl (C=O) groups is 3. The fourth-order valence-electron chi connectivity index (χ4n) is 4.00. The number of hydrogen-bond acceptors (Lipinski definition) is 4. The molecular weight excluding hydrogens is 360 g/mol. The Morgan fingerprint density at radius 2 is 2.07 bits per heavy atom. The SMILES string of the molecule is CNC(=O)c1ccc(CNC(=O)N2CCC[C@]3(C2)C(=O)Nc2ccccc23)o1. The molecule has 1 fully saturated rings. The summed E-state index contributed by atoms with van der Waals surface area (Å²) in [7, 11) is 1.52. The normalized spacial score (nSPS) is 20.6. The van der Waals surface area contributed by atoms with E-state index < -0.39 is 5.41 Å². The van der Waals surface area contributed by atoms with Crippen molar-refractivity contribution in [2.24, 2.45) is 0 Å². The molecule has 8 heteroatoms.